The second kappa shape index (κ2) is 9.39. The number of oxime groups is 1. The number of ether oxygens (including phenoxy) is 2. The first-order valence-electron chi connectivity index (χ1n) is 9.61. The van der Waals surface area contributed by atoms with E-state index in [1.54, 1.807) is 22.8 Å². The van der Waals surface area contributed by atoms with E-state index in [4.69, 9.17) is 14.3 Å². The summed E-state index contributed by atoms with van der Waals surface area (Å²) in [5.41, 5.74) is 0.414. The Balaban J connectivity index is 1.63. The zero-order chi connectivity index (χ0) is 20.8. The summed E-state index contributed by atoms with van der Waals surface area (Å²) in [5, 5.41) is 10.4. The maximum Gasteiger partial charge on any atom is 0.410 e. The van der Waals surface area contributed by atoms with Crippen LogP contribution in [0.3, 0.4) is 0 Å². The van der Waals surface area contributed by atoms with Gasteiger partial charge >= 0.3 is 12.1 Å². The number of amides is 2. The van der Waals surface area contributed by atoms with Gasteiger partial charge in [0.2, 0.25) is 6.61 Å². The molecule has 0 saturated carbocycles. The summed E-state index contributed by atoms with van der Waals surface area (Å²) in [6, 6.07) is 1.67. The molecule has 11 heteroatoms. The number of aromatic nitrogens is 2. The minimum atomic E-state index is -0.569. The lowest BCUT2D eigenvalue weighted by atomic mass is 10.0. The quantitative estimate of drug-likeness (QED) is 0.397. The predicted molar refractivity (Wildman–Crippen MR) is 100.0 cm³/mol. The van der Waals surface area contributed by atoms with Crippen LogP contribution in [0.5, 0.6) is 0 Å². The normalized spacial score (nSPS) is 20.6. The summed E-state index contributed by atoms with van der Waals surface area (Å²) in [6.07, 6.45) is 2.49. The highest BCUT2D eigenvalue weighted by molar-refractivity contribution is 6.44. The first kappa shape index (κ1) is 20.6. The number of hydrogen-bond donors (Lipinski definition) is 1. The van der Waals surface area contributed by atoms with Crippen LogP contribution in [0.2, 0.25) is 0 Å². The minimum Gasteiger partial charge on any atom is -0.463 e. The van der Waals surface area contributed by atoms with Crippen LogP contribution in [-0.4, -0.2) is 88.7 Å². The molecule has 1 N–H and O–H groups in total. The van der Waals surface area contributed by atoms with Gasteiger partial charge in [0.1, 0.15) is 6.61 Å². The van der Waals surface area contributed by atoms with Crippen LogP contribution in [0.15, 0.2) is 17.4 Å². The largest absolute Gasteiger partial charge is 0.463 e. The molecule has 0 spiro atoms. The molecular formula is C18H25N5O6. The third-order valence-electron chi connectivity index (χ3n) is 4.88. The molecule has 1 unspecified atom stereocenters. The molecule has 2 saturated heterocycles. The molecule has 2 amide bonds. The van der Waals surface area contributed by atoms with Crippen LogP contribution in [0.25, 0.3) is 0 Å². The Morgan fingerprint density at radius 3 is 2.72 bits per heavy atom. The van der Waals surface area contributed by atoms with Crippen molar-refractivity contribution in [3.8, 4) is 0 Å². The summed E-state index contributed by atoms with van der Waals surface area (Å²) in [4.78, 5) is 44.8. The minimum absolute atomic E-state index is 0.0270. The third-order valence-corrected chi connectivity index (χ3v) is 4.88. The molecule has 1 aromatic rings. The zero-order valence-electron chi connectivity index (χ0n) is 16.5. The van der Waals surface area contributed by atoms with Crippen molar-refractivity contribution < 1.29 is 28.7 Å². The smallest absolute Gasteiger partial charge is 0.410 e. The third kappa shape index (κ3) is 4.84. The van der Waals surface area contributed by atoms with Gasteiger partial charge in [-0.15, -0.1) is 0 Å². The van der Waals surface area contributed by atoms with Gasteiger partial charge in [-0.2, -0.15) is 5.10 Å². The molecule has 3 rings (SSSR count). The first-order chi connectivity index (χ1) is 14.0. The van der Waals surface area contributed by atoms with E-state index in [1.807, 2.05) is 6.92 Å². The van der Waals surface area contributed by atoms with Gasteiger partial charge in [-0.25, -0.2) is 9.59 Å². The average molecular weight is 407 g/mol. The molecule has 0 aromatic carbocycles. The summed E-state index contributed by atoms with van der Waals surface area (Å²) >= 11 is 0. The Labute approximate surface area is 167 Å². The molecule has 2 fully saturated rings. The van der Waals surface area contributed by atoms with Crippen molar-refractivity contribution in [2.75, 3.05) is 32.9 Å². The first-order valence-corrected chi connectivity index (χ1v) is 9.61. The lowest BCUT2D eigenvalue weighted by molar-refractivity contribution is -0.148. The van der Waals surface area contributed by atoms with E-state index in [-0.39, 0.29) is 36.4 Å². The molecule has 11 nitrogen and oxygen atoms in total. The monoisotopic (exact) mass is 407 g/mol. The molecule has 2 aliphatic heterocycles. The molecular weight excluding hydrogens is 382 g/mol. The van der Waals surface area contributed by atoms with Crippen molar-refractivity contribution in [1.82, 2.24) is 20.0 Å². The lowest BCUT2D eigenvalue weighted by Gasteiger charge is -2.37. The van der Waals surface area contributed by atoms with Crippen molar-refractivity contribution >= 4 is 23.7 Å². The average Bonchev–Trinajstić information content (AvgIpc) is 3.35. The summed E-state index contributed by atoms with van der Waals surface area (Å²) in [5.74, 6) is -0.909. The van der Waals surface area contributed by atoms with E-state index in [1.165, 1.54) is 6.20 Å². The molecule has 0 bridgehead atoms. The number of hydrogen-bond acceptors (Lipinski definition) is 8. The summed E-state index contributed by atoms with van der Waals surface area (Å²) < 4.78 is 9.87. The van der Waals surface area contributed by atoms with Crippen molar-refractivity contribution in [2.24, 2.45) is 5.16 Å². The highest BCUT2D eigenvalue weighted by Gasteiger charge is 2.38. The number of carbonyl (C=O) groups excluding carboxylic acids is 3. The molecule has 1 aromatic heterocycles. The fourth-order valence-electron chi connectivity index (χ4n) is 3.48. The number of nitrogens with zero attached hydrogens (tertiary/aromatic N) is 4. The van der Waals surface area contributed by atoms with Gasteiger partial charge in [0.05, 0.1) is 18.3 Å². The van der Waals surface area contributed by atoms with E-state index in [0.29, 0.717) is 38.2 Å². The number of rotatable bonds is 7. The van der Waals surface area contributed by atoms with Crippen LogP contribution in [0, 0.1) is 0 Å². The lowest BCUT2D eigenvalue weighted by Crippen LogP contribution is -2.50. The molecule has 29 heavy (non-hydrogen) atoms. The molecule has 3 heterocycles. The maximum absolute atomic E-state index is 13.0. The number of aromatic amines is 1. The van der Waals surface area contributed by atoms with Gasteiger partial charge in [-0.1, -0.05) is 5.16 Å². The van der Waals surface area contributed by atoms with Crippen LogP contribution in [0.4, 0.5) is 4.79 Å². The van der Waals surface area contributed by atoms with Gasteiger partial charge < -0.3 is 19.2 Å². The van der Waals surface area contributed by atoms with Gasteiger partial charge in [0.15, 0.2) is 5.71 Å². The fourth-order valence-corrected chi connectivity index (χ4v) is 3.48. The van der Waals surface area contributed by atoms with Crippen molar-refractivity contribution in [2.45, 2.75) is 38.8 Å². The van der Waals surface area contributed by atoms with Crippen LogP contribution < -0.4 is 0 Å². The molecule has 1 atom stereocenters. The highest BCUT2D eigenvalue weighted by Crippen LogP contribution is 2.24. The zero-order valence-corrected chi connectivity index (χ0v) is 16.5. The number of likely N-dealkylation sites (tertiary alicyclic amines) is 1. The Morgan fingerprint density at radius 2 is 2.14 bits per heavy atom. The Hall–Kier alpha value is -3.11. The number of piperidine rings is 1. The molecule has 0 radical (unpaired) electrons. The number of H-pyrrole nitrogens is 1. The van der Waals surface area contributed by atoms with E-state index >= 15 is 0 Å². The summed E-state index contributed by atoms with van der Waals surface area (Å²) in [6.45, 7) is 4.80. The van der Waals surface area contributed by atoms with Crippen molar-refractivity contribution in [1.29, 1.82) is 0 Å². The second-order valence-electron chi connectivity index (χ2n) is 6.85. The topological polar surface area (TPSA) is 126 Å². The second-order valence-corrected chi connectivity index (χ2v) is 6.85. The van der Waals surface area contributed by atoms with Crippen LogP contribution in [0.1, 0.15) is 32.4 Å². The van der Waals surface area contributed by atoms with E-state index in [9.17, 15) is 14.4 Å². The number of nitrogens with one attached hydrogen (secondary N) is 1. The van der Waals surface area contributed by atoms with E-state index in [2.05, 4.69) is 15.4 Å². The molecule has 2 aliphatic rings. The van der Waals surface area contributed by atoms with Gasteiger partial charge in [0, 0.05) is 25.3 Å². The predicted octanol–water partition coefficient (Wildman–Crippen LogP) is 0.525. The van der Waals surface area contributed by atoms with Crippen LogP contribution >= 0.6 is 0 Å². The standard InChI is InChI=1S/C18H25N5O6/c1-3-27-15(24)11-29-21-16(14-4-7-19-20-14)17(25)22-8-5-13(6-9-22)23-12(2)10-28-18(23)26/h4,7,12-13H,3,5-6,8-11H2,1-2H3,(H,19,20)/b21-16+. The number of cyclic esters (lactones) is 1. The Bertz CT molecular complexity index is 757. The van der Waals surface area contributed by atoms with Crippen molar-refractivity contribution in [3.05, 3.63) is 18.0 Å². The Morgan fingerprint density at radius 1 is 1.38 bits per heavy atom. The number of carbonyl (C=O) groups is 3. The van der Waals surface area contributed by atoms with Gasteiger partial charge in [0.25, 0.3) is 5.91 Å². The molecule has 158 valence electrons. The SMILES string of the molecule is CCOC(=O)CO/N=C(/C(=O)N1CCC(N2C(=O)OCC2C)CC1)c1ccn[nH]1. The summed E-state index contributed by atoms with van der Waals surface area (Å²) in [7, 11) is 0. The Kier molecular flexibility index (Phi) is 6.68. The molecule has 0 aliphatic carbocycles. The van der Waals surface area contributed by atoms with E-state index < -0.39 is 12.6 Å². The maximum atomic E-state index is 13.0. The highest BCUT2D eigenvalue weighted by atomic mass is 16.7. The van der Waals surface area contributed by atoms with Crippen molar-refractivity contribution in [3.63, 3.8) is 0 Å². The van der Waals surface area contributed by atoms with E-state index in [0.717, 1.165) is 0 Å². The van der Waals surface area contributed by atoms with Crippen LogP contribution in [-0.2, 0) is 23.9 Å². The fraction of sp³-hybridized carbons (Fsp3) is 0.611. The van der Waals surface area contributed by atoms with Gasteiger partial charge in [-0.3, -0.25) is 14.8 Å². The van der Waals surface area contributed by atoms with Gasteiger partial charge in [-0.05, 0) is 32.8 Å². The number of esters is 1.